The van der Waals surface area contributed by atoms with Gasteiger partial charge >= 0.3 is 0 Å². The number of hydrogen-bond acceptors (Lipinski definition) is 2. The van der Waals surface area contributed by atoms with Gasteiger partial charge in [0.1, 0.15) is 0 Å². The summed E-state index contributed by atoms with van der Waals surface area (Å²) in [5.74, 6) is 6.12. The molecule has 1 unspecified atom stereocenters. The van der Waals surface area contributed by atoms with Crippen molar-refractivity contribution in [2.75, 3.05) is 6.54 Å². The van der Waals surface area contributed by atoms with Crippen molar-refractivity contribution in [3.63, 3.8) is 0 Å². The van der Waals surface area contributed by atoms with E-state index in [9.17, 15) is 8.42 Å². The van der Waals surface area contributed by atoms with E-state index >= 15 is 0 Å². The zero-order chi connectivity index (χ0) is 18.4. The van der Waals surface area contributed by atoms with Gasteiger partial charge in [-0.15, -0.1) is 0 Å². The molecule has 2 aromatic carbocycles. The molecule has 26 heavy (non-hydrogen) atoms. The Bertz CT molecular complexity index is 920. The first-order chi connectivity index (χ1) is 12.6. The van der Waals surface area contributed by atoms with Gasteiger partial charge in [-0.2, -0.15) is 4.31 Å². The third-order valence-corrected chi connectivity index (χ3v) is 6.35. The highest BCUT2D eigenvalue weighted by molar-refractivity contribution is 7.89. The van der Waals surface area contributed by atoms with Crippen molar-refractivity contribution in [1.29, 1.82) is 0 Å². The summed E-state index contributed by atoms with van der Waals surface area (Å²) in [5.41, 5.74) is 1.93. The van der Waals surface area contributed by atoms with Gasteiger partial charge in [-0.05, 0) is 50.5 Å². The van der Waals surface area contributed by atoms with Gasteiger partial charge in [-0.3, -0.25) is 0 Å². The van der Waals surface area contributed by atoms with E-state index in [1.165, 1.54) is 4.31 Å². The van der Waals surface area contributed by atoms with E-state index in [0.29, 0.717) is 4.90 Å². The van der Waals surface area contributed by atoms with E-state index in [0.717, 1.165) is 30.4 Å². The smallest absolute Gasteiger partial charge is 0.207 e. The van der Waals surface area contributed by atoms with E-state index in [1.54, 1.807) is 12.1 Å². The van der Waals surface area contributed by atoms with Gasteiger partial charge in [-0.25, -0.2) is 8.42 Å². The summed E-state index contributed by atoms with van der Waals surface area (Å²) in [5, 5.41) is 0. The molecule has 0 bridgehead atoms. The predicted octanol–water partition coefficient (Wildman–Crippen LogP) is 4.15. The normalized spacial score (nSPS) is 16.9. The summed E-state index contributed by atoms with van der Waals surface area (Å²) in [7, 11) is -3.59. The Kier molecular flexibility index (Phi) is 5.92. The van der Waals surface area contributed by atoms with Crippen molar-refractivity contribution in [2.45, 2.75) is 37.1 Å². The molecule has 4 heteroatoms. The molecule has 134 valence electrons. The van der Waals surface area contributed by atoms with Gasteiger partial charge in [0.2, 0.25) is 10.0 Å². The average molecular weight is 365 g/mol. The van der Waals surface area contributed by atoms with Gasteiger partial charge in [0.05, 0.1) is 11.4 Å². The van der Waals surface area contributed by atoms with Gasteiger partial charge < -0.3 is 0 Å². The molecular formula is C22H23NO2S. The molecule has 0 saturated heterocycles. The Morgan fingerprint density at radius 1 is 1.08 bits per heavy atom. The maximum atomic E-state index is 13.2. The van der Waals surface area contributed by atoms with Crippen LogP contribution >= 0.6 is 0 Å². The zero-order valence-electron chi connectivity index (χ0n) is 14.9. The van der Waals surface area contributed by atoms with Crippen LogP contribution in [0.4, 0.5) is 0 Å². The second kappa shape index (κ2) is 8.35. The molecule has 0 aromatic heterocycles. The van der Waals surface area contributed by atoms with Crippen molar-refractivity contribution >= 4 is 10.0 Å². The molecule has 0 aliphatic heterocycles. The molecule has 3 rings (SSSR count). The molecule has 1 aliphatic carbocycles. The predicted molar refractivity (Wildman–Crippen MR) is 105 cm³/mol. The Balaban J connectivity index is 1.90. The van der Waals surface area contributed by atoms with Crippen LogP contribution < -0.4 is 0 Å². The van der Waals surface area contributed by atoms with Crippen LogP contribution in [-0.2, 0) is 10.0 Å². The molecule has 0 saturated carbocycles. The average Bonchev–Trinajstić information content (AvgIpc) is 2.67. The lowest BCUT2D eigenvalue weighted by Gasteiger charge is -2.29. The topological polar surface area (TPSA) is 37.4 Å². The number of rotatable bonds is 4. The lowest BCUT2D eigenvalue weighted by atomic mass is 10.0. The first-order valence-corrected chi connectivity index (χ1v) is 10.3. The van der Waals surface area contributed by atoms with E-state index < -0.39 is 10.0 Å². The van der Waals surface area contributed by atoms with Crippen LogP contribution in [0.1, 0.15) is 30.4 Å². The molecule has 1 aliphatic rings. The Morgan fingerprint density at radius 3 is 2.46 bits per heavy atom. The minimum atomic E-state index is -3.59. The molecule has 0 amide bonds. The molecule has 1 atom stereocenters. The first kappa shape index (κ1) is 18.4. The van der Waals surface area contributed by atoms with Crippen molar-refractivity contribution in [3.8, 4) is 11.8 Å². The van der Waals surface area contributed by atoms with E-state index in [2.05, 4.69) is 17.9 Å². The summed E-state index contributed by atoms with van der Waals surface area (Å²) in [6.07, 6.45) is 6.89. The highest BCUT2D eigenvalue weighted by Gasteiger charge is 2.30. The van der Waals surface area contributed by atoms with Crippen LogP contribution in [0.15, 0.2) is 71.6 Å². The van der Waals surface area contributed by atoms with Gasteiger partial charge in [-0.1, -0.05) is 59.9 Å². The van der Waals surface area contributed by atoms with Gasteiger partial charge in [0.25, 0.3) is 0 Å². The Labute approximate surface area is 156 Å². The number of nitrogens with zero attached hydrogens (tertiary/aromatic N) is 1. The fourth-order valence-electron chi connectivity index (χ4n) is 3.00. The number of allylic oxidation sites excluding steroid dienone is 1. The molecule has 2 aromatic rings. The summed E-state index contributed by atoms with van der Waals surface area (Å²) >= 11 is 0. The lowest BCUT2D eigenvalue weighted by Crippen LogP contribution is -2.40. The number of hydrogen-bond donors (Lipinski definition) is 0. The highest BCUT2D eigenvalue weighted by Crippen LogP contribution is 2.24. The molecule has 0 N–H and O–H groups in total. The van der Waals surface area contributed by atoms with Gasteiger partial charge in [0, 0.05) is 11.6 Å². The third-order valence-electron chi connectivity index (χ3n) is 4.47. The number of aryl methyl sites for hydroxylation is 1. The standard InChI is InChI=1S/C22H23NO2S/c1-19-14-16-22(17-15-19)26(24,25)23(21-12-6-3-7-13-21)18-8-11-20-9-4-2-5-10-20/h2,4-6,9-10,12,14-17,21H,3,7,13,18H2,1H3. The number of benzene rings is 2. The molecule has 0 heterocycles. The van der Waals surface area contributed by atoms with Crippen LogP contribution in [0, 0.1) is 18.8 Å². The maximum Gasteiger partial charge on any atom is 0.244 e. The third kappa shape index (κ3) is 4.43. The van der Waals surface area contributed by atoms with E-state index in [4.69, 9.17) is 0 Å². The Morgan fingerprint density at radius 2 is 1.81 bits per heavy atom. The van der Waals surface area contributed by atoms with Crippen molar-refractivity contribution in [1.82, 2.24) is 4.31 Å². The minimum absolute atomic E-state index is 0.139. The fraction of sp³-hybridized carbons (Fsp3) is 0.273. The van der Waals surface area contributed by atoms with Crippen LogP contribution in [0.25, 0.3) is 0 Å². The summed E-state index contributed by atoms with van der Waals surface area (Å²) in [6.45, 7) is 2.13. The van der Waals surface area contributed by atoms with Crippen molar-refractivity contribution in [3.05, 3.63) is 77.9 Å². The largest absolute Gasteiger partial charge is 0.244 e. The Hall–Kier alpha value is -2.35. The maximum absolute atomic E-state index is 13.2. The summed E-state index contributed by atoms with van der Waals surface area (Å²) in [6, 6.07) is 16.5. The van der Waals surface area contributed by atoms with Crippen LogP contribution in [0.2, 0.25) is 0 Å². The minimum Gasteiger partial charge on any atom is -0.207 e. The van der Waals surface area contributed by atoms with E-state index in [1.807, 2.05) is 55.5 Å². The van der Waals surface area contributed by atoms with Crippen molar-refractivity contribution in [2.24, 2.45) is 0 Å². The quantitative estimate of drug-likeness (QED) is 0.603. The second-order valence-electron chi connectivity index (χ2n) is 6.46. The van der Waals surface area contributed by atoms with E-state index in [-0.39, 0.29) is 12.6 Å². The van der Waals surface area contributed by atoms with Crippen molar-refractivity contribution < 1.29 is 8.42 Å². The zero-order valence-corrected chi connectivity index (χ0v) is 15.7. The molecule has 3 nitrogen and oxygen atoms in total. The van der Waals surface area contributed by atoms with Crippen LogP contribution in [0.5, 0.6) is 0 Å². The van der Waals surface area contributed by atoms with Gasteiger partial charge in [0.15, 0.2) is 0 Å². The summed E-state index contributed by atoms with van der Waals surface area (Å²) in [4.78, 5) is 0.323. The second-order valence-corrected chi connectivity index (χ2v) is 8.35. The SMILES string of the molecule is Cc1ccc(S(=O)(=O)N(CC#Cc2ccccc2)C2C=CCCC2)cc1. The van der Waals surface area contributed by atoms with Crippen LogP contribution in [0.3, 0.4) is 0 Å². The molecule has 0 spiro atoms. The first-order valence-electron chi connectivity index (χ1n) is 8.86. The highest BCUT2D eigenvalue weighted by atomic mass is 32.2. The fourth-order valence-corrected chi connectivity index (χ4v) is 4.52. The number of sulfonamides is 1. The van der Waals surface area contributed by atoms with Crippen LogP contribution in [-0.4, -0.2) is 25.3 Å². The lowest BCUT2D eigenvalue weighted by molar-refractivity contribution is 0.365. The summed E-state index contributed by atoms with van der Waals surface area (Å²) < 4.78 is 28.0. The molecular weight excluding hydrogens is 342 g/mol. The molecule has 0 fully saturated rings. The monoisotopic (exact) mass is 365 g/mol. The molecule has 0 radical (unpaired) electrons.